The molecule has 30 heavy (non-hydrogen) atoms. The maximum absolute atomic E-state index is 11.2. The summed E-state index contributed by atoms with van der Waals surface area (Å²) in [6.07, 6.45) is 0. The Hall–Kier alpha value is 6.90. The molecule has 6 N–H and O–H groups in total. The van der Waals surface area contributed by atoms with E-state index in [1.54, 1.807) is 0 Å². The van der Waals surface area contributed by atoms with E-state index in [0.717, 1.165) is 0 Å². The third kappa shape index (κ3) is 21.8. The van der Waals surface area contributed by atoms with Gasteiger partial charge in [-0.05, 0) is 0 Å². The first kappa shape index (κ1) is 49.8. The van der Waals surface area contributed by atoms with Gasteiger partial charge in [0.15, 0.2) is 0 Å². The molecule has 0 atom stereocenters. The average Bonchev–Trinajstić information content (AvgIpc) is 1.98. The average molecular weight is 618 g/mol. The van der Waals surface area contributed by atoms with Crippen molar-refractivity contribution in [1.82, 2.24) is 0 Å². The topological polar surface area (TPSA) is 279 Å². The molecule has 1 heterocycles. The van der Waals surface area contributed by atoms with Crippen molar-refractivity contribution in [2.75, 3.05) is 0 Å². The van der Waals surface area contributed by atoms with Crippen LogP contribution in [0.15, 0.2) is 0 Å². The summed E-state index contributed by atoms with van der Waals surface area (Å²) in [5.74, 6) is 0. The second-order valence-corrected chi connectivity index (χ2v) is 12.8. The van der Waals surface area contributed by atoms with Gasteiger partial charge < -0.3 is 29.4 Å². The van der Waals surface area contributed by atoms with Gasteiger partial charge in [-0.3, -0.25) is 0 Å². The fourth-order valence-electron chi connectivity index (χ4n) is 0.872. The predicted octanol–water partition coefficient (Wildman–Crippen LogP) is -1.58. The molecule has 18 nitrogen and oxygen atoms in total. The Bertz CT molecular complexity index is 596. The smallest absolute Gasteiger partial charge is 0.302 e. The number of rotatable bonds is 0. The van der Waals surface area contributed by atoms with Gasteiger partial charge in [-0.2, -0.15) is 25.9 Å². The third-order valence-electron chi connectivity index (χ3n) is 1.24. The van der Waals surface area contributed by atoms with Crippen molar-refractivity contribution >= 4 is 224 Å². The van der Waals surface area contributed by atoms with Gasteiger partial charge in [0.2, 0.25) is 0 Å². The number of hydrogen-bond acceptors (Lipinski definition) is 12. The normalized spacial score (nSPS) is 44.2. The summed E-state index contributed by atoms with van der Waals surface area (Å²) in [5.41, 5.74) is 0. The Morgan fingerprint density at radius 1 is 0.300 bits per heavy atom. The molecule has 0 bridgehead atoms. The van der Waals surface area contributed by atoms with Crippen LogP contribution in [0.3, 0.4) is 0 Å². The minimum atomic E-state index is -6.11. The molecule has 0 aliphatic carbocycles. The molecule has 30 heteroatoms. The first-order valence-corrected chi connectivity index (χ1v) is 13.5. The molecule has 0 unspecified atom stereocenters. The van der Waals surface area contributed by atoms with Crippen LogP contribution in [-0.2, 0) is 53.3 Å². The standard InChI is InChI=1S/6Na.H6O18P6/c;;;;;;1-19(2)13-20(3,4)15-22(7,8)17-24(11,12)18-23(9,10)16-21(5,6)14-19/h;;;;;;(H,1,2)(H,3,4)(H,5,6)(H,7,8)(H,9,10)(H,11,12). The summed E-state index contributed by atoms with van der Waals surface area (Å²) < 4.78 is 86.9. The van der Waals surface area contributed by atoms with Gasteiger partial charge in [0.1, 0.15) is 0 Å². The zero-order chi connectivity index (χ0) is 19.2. The van der Waals surface area contributed by atoms with E-state index in [0.29, 0.717) is 0 Å². The molecule has 0 aromatic rings. The Balaban J connectivity index is -0.000000240. The van der Waals surface area contributed by atoms with Crippen LogP contribution in [0.1, 0.15) is 0 Å². The third-order valence-corrected chi connectivity index (χ3v) is 11.1. The van der Waals surface area contributed by atoms with Crippen molar-refractivity contribution in [2.45, 2.75) is 0 Å². The monoisotopic (exact) mass is 618 g/mol. The molecule has 0 amide bonds. The first-order valence-electron chi connectivity index (χ1n) is 4.49. The fourth-order valence-corrected chi connectivity index (χ4v) is 9.46. The molecule has 1 rings (SSSR count). The molecule has 0 spiro atoms. The molecular formula is H6Na6O18P6. The van der Waals surface area contributed by atoms with Crippen LogP contribution in [0, 0.1) is 0 Å². The summed E-state index contributed by atoms with van der Waals surface area (Å²) in [6.45, 7) is 0. The molecule has 0 aromatic carbocycles. The van der Waals surface area contributed by atoms with Crippen molar-refractivity contribution in [3.8, 4) is 0 Å². The van der Waals surface area contributed by atoms with E-state index in [1.807, 2.05) is 0 Å². The van der Waals surface area contributed by atoms with Crippen LogP contribution in [0.4, 0.5) is 0 Å². The van der Waals surface area contributed by atoms with Crippen molar-refractivity contribution in [3.05, 3.63) is 0 Å². The van der Waals surface area contributed by atoms with Crippen LogP contribution < -0.4 is 0 Å². The van der Waals surface area contributed by atoms with Crippen LogP contribution in [0.2, 0.25) is 0 Å². The number of hydrogen-bond donors (Lipinski definition) is 6. The Morgan fingerprint density at radius 3 is 0.433 bits per heavy atom. The number of phosphoric acid groups is 6. The molecule has 6 radical (unpaired) electrons. The zero-order valence-electron chi connectivity index (χ0n) is 16.3. The van der Waals surface area contributed by atoms with Crippen LogP contribution in [0.5, 0.6) is 0 Å². The van der Waals surface area contributed by atoms with Crippen LogP contribution in [-0.4, -0.2) is 207 Å². The Labute approximate surface area is 301 Å². The van der Waals surface area contributed by atoms with E-state index in [1.165, 1.54) is 0 Å². The van der Waals surface area contributed by atoms with Crippen LogP contribution >= 0.6 is 46.9 Å². The SMILES string of the molecule is O=P1(O)OP(=O)(O)OP(=O)(O)OP(=O)(O)OP(=O)(O)OP(=O)(O)O1.[Na].[Na].[Na].[Na].[Na].[Na]. The predicted molar refractivity (Wildman–Crippen MR) is 100.0 cm³/mol. The summed E-state index contributed by atoms with van der Waals surface area (Å²) >= 11 is 0. The quantitative estimate of drug-likeness (QED) is 0.132. The first-order chi connectivity index (χ1) is 10.2. The van der Waals surface area contributed by atoms with Crippen LogP contribution in [0.25, 0.3) is 0 Å². The minimum absolute atomic E-state index is 0. The zero-order valence-corrected chi connectivity index (χ0v) is 33.6. The van der Waals surface area contributed by atoms with Gasteiger partial charge in [-0.15, -0.1) is 0 Å². The van der Waals surface area contributed by atoms with E-state index >= 15 is 0 Å². The molecular weight excluding hydrogens is 612 g/mol. The molecule has 1 fully saturated rings. The molecule has 0 aromatic heterocycles. The molecule has 150 valence electrons. The summed E-state index contributed by atoms with van der Waals surface area (Å²) in [6, 6.07) is 0. The van der Waals surface area contributed by atoms with Crippen molar-refractivity contribution in [3.63, 3.8) is 0 Å². The van der Waals surface area contributed by atoms with Gasteiger partial charge in [-0.1, -0.05) is 0 Å². The van der Waals surface area contributed by atoms with Gasteiger partial charge >= 0.3 is 46.9 Å². The maximum Gasteiger partial charge on any atom is 0.490 e. The van der Waals surface area contributed by atoms with Crippen molar-refractivity contribution < 1.29 is 82.6 Å². The summed E-state index contributed by atoms with van der Waals surface area (Å²) in [4.78, 5) is 53.6. The van der Waals surface area contributed by atoms with Gasteiger partial charge in [0.25, 0.3) is 0 Å². The van der Waals surface area contributed by atoms with Gasteiger partial charge in [0, 0.05) is 177 Å². The van der Waals surface area contributed by atoms with E-state index in [9.17, 15) is 27.4 Å². The van der Waals surface area contributed by atoms with Gasteiger partial charge in [0.05, 0.1) is 0 Å². The fraction of sp³-hybridized carbons (Fsp3) is 0. The maximum atomic E-state index is 11.2. The second-order valence-electron chi connectivity index (χ2n) is 3.30. The second kappa shape index (κ2) is 18.3. The largest absolute Gasteiger partial charge is 0.490 e. The molecule has 0 saturated carbocycles. The summed E-state index contributed by atoms with van der Waals surface area (Å²) in [7, 11) is -36.7. The summed E-state index contributed by atoms with van der Waals surface area (Å²) in [5, 5.41) is 0. The van der Waals surface area contributed by atoms with Crippen molar-refractivity contribution in [2.24, 2.45) is 0 Å². The molecule has 1 saturated heterocycles. The van der Waals surface area contributed by atoms with E-state index in [2.05, 4.69) is 25.9 Å². The molecule has 1 aliphatic heterocycles. The minimum Gasteiger partial charge on any atom is -0.302 e. The van der Waals surface area contributed by atoms with Gasteiger partial charge in [-0.25, -0.2) is 27.4 Å². The van der Waals surface area contributed by atoms with E-state index in [4.69, 9.17) is 29.4 Å². The molecule has 1 aliphatic rings. The Morgan fingerprint density at radius 2 is 0.367 bits per heavy atom. The van der Waals surface area contributed by atoms with E-state index < -0.39 is 46.9 Å². The Kier molecular flexibility index (Phi) is 30.4. The van der Waals surface area contributed by atoms with Crippen molar-refractivity contribution in [1.29, 1.82) is 0 Å². The van der Waals surface area contributed by atoms with E-state index in [-0.39, 0.29) is 177 Å².